The average Bonchev–Trinajstić information content (AvgIpc) is 2.60. The summed E-state index contributed by atoms with van der Waals surface area (Å²) in [5.41, 5.74) is 6.06. The van der Waals surface area contributed by atoms with Crippen LogP contribution in [-0.2, 0) is 14.8 Å². The average molecular weight is 386 g/mol. The maximum absolute atomic E-state index is 12.9. The fourth-order valence-corrected chi connectivity index (χ4v) is 3.97. The van der Waals surface area contributed by atoms with Crippen molar-refractivity contribution in [3.63, 3.8) is 0 Å². The molecule has 2 unspecified atom stereocenters. The Hall–Kier alpha value is -2.01. The van der Waals surface area contributed by atoms with Crippen LogP contribution in [0.2, 0.25) is 0 Å². The van der Waals surface area contributed by atoms with Crippen molar-refractivity contribution in [2.75, 3.05) is 19.7 Å². The summed E-state index contributed by atoms with van der Waals surface area (Å²) in [6.07, 6.45) is -0.248. The molecule has 0 bridgehead atoms. The first kappa shape index (κ1) is 22.0. The molecule has 0 aliphatic rings. The Balaban J connectivity index is 3.05. The van der Waals surface area contributed by atoms with Gasteiger partial charge in [0.2, 0.25) is 10.0 Å². The number of carbonyl (C=O) groups excluding carboxylic acids is 1. The van der Waals surface area contributed by atoms with Crippen molar-refractivity contribution in [2.24, 2.45) is 5.73 Å². The highest BCUT2D eigenvalue weighted by molar-refractivity contribution is 7.89. The van der Waals surface area contributed by atoms with Gasteiger partial charge < -0.3 is 26.1 Å². The minimum Gasteiger partial charge on any atom is -0.394 e. The van der Waals surface area contributed by atoms with Gasteiger partial charge in [-0.05, 0) is 31.9 Å². The van der Waals surface area contributed by atoms with Crippen LogP contribution in [0, 0.1) is 12.3 Å². The summed E-state index contributed by atoms with van der Waals surface area (Å²) in [6, 6.07) is 5.13. The van der Waals surface area contributed by atoms with Crippen molar-refractivity contribution in [3.8, 4) is 0 Å². The molecule has 0 aliphatic heterocycles. The molecule has 10 heteroatoms. The van der Waals surface area contributed by atoms with Gasteiger partial charge in [0, 0.05) is 13.1 Å². The molecule has 0 amide bonds. The molecule has 0 saturated heterocycles. The van der Waals surface area contributed by atoms with E-state index >= 15 is 0 Å². The number of aldehydes is 1. The first-order chi connectivity index (χ1) is 12.2. The standard InChI is InChI=1S/C16H26N4O5S/c1-12-4-6-15(7-5-12)26(24,25)20(9-14(23)11-22)13(10-21)3-2-8-19-16(17)18/h4-7,10,13-14,22-23H,2-3,8-9,11H2,1H3,(H4,17,18,19). The van der Waals surface area contributed by atoms with Crippen LogP contribution in [0.4, 0.5) is 0 Å². The van der Waals surface area contributed by atoms with Crippen LogP contribution >= 0.6 is 0 Å². The zero-order chi connectivity index (χ0) is 19.7. The van der Waals surface area contributed by atoms with E-state index in [4.69, 9.17) is 16.2 Å². The van der Waals surface area contributed by atoms with Crippen LogP contribution in [0.15, 0.2) is 29.2 Å². The third-order valence-corrected chi connectivity index (χ3v) is 5.65. The molecule has 0 saturated carbocycles. The molecule has 6 N–H and O–H groups in total. The Kier molecular flexibility index (Phi) is 8.66. The van der Waals surface area contributed by atoms with Crippen molar-refractivity contribution in [2.45, 2.75) is 36.8 Å². The predicted octanol–water partition coefficient (Wildman–Crippen LogP) is -0.830. The van der Waals surface area contributed by atoms with E-state index < -0.39 is 35.3 Å². The topological polar surface area (TPSA) is 157 Å². The molecule has 26 heavy (non-hydrogen) atoms. The van der Waals surface area contributed by atoms with Gasteiger partial charge in [0.15, 0.2) is 5.96 Å². The van der Waals surface area contributed by atoms with Crippen LogP contribution in [0.3, 0.4) is 0 Å². The van der Waals surface area contributed by atoms with E-state index in [2.05, 4.69) is 5.32 Å². The number of hydrogen-bond acceptors (Lipinski definition) is 6. The maximum atomic E-state index is 12.9. The number of sulfonamides is 1. The lowest BCUT2D eigenvalue weighted by molar-refractivity contribution is -0.111. The Labute approximate surface area is 153 Å². The molecule has 0 aromatic heterocycles. The van der Waals surface area contributed by atoms with E-state index in [9.17, 15) is 18.3 Å². The number of guanidine groups is 1. The van der Waals surface area contributed by atoms with Gasteiger partial charge in [-0.15, -0.1) is 0 Å². The minimum absolute atomic E-state index is 0.00181. The first-order valence-corrected chi connectivity index (χ1v) is 9.57. The summed E-state index contributed by atoms with van der Waals surface area (Å²) in [7, 11) is -4.04. The molecule has 0 radical (unpaired) electrons. The summed E-state index contributed by atoms with van der Waals surface area (Å²) in [5.74, 6) is -0.215. The smallest absolute Gasteiger partial charge is 0.243 e. The second-order valence-corrected chi connectivity index (χ2v) is 7.80. The van der Waals surface area contributed by atoms with Crippen LogP contribution in [0.1, 0.15) is 18.4 Å². The monoisotopic (exact) mass is 386 g/mol. The summed E-state index contributed by atoms with van der Waals surface area (Å²) >= 11 is 0. The molecule has 1 aromatic carbocycles. The van der Waals surface area contributed by atoms with Crippen LogP contribution in [0.5, 0.6) is 0 Å². The van der Waals surface area contributed by atoms with Gasteiger partial charge in [0.05, 0.1) is 23.6 Å². The molecule has 0 spiro atoms. The number of rotatable bonds is 11. The van der Waals surface area contributed by atoms with E-state index in [1.807, 2.05) is 6.92 Å². The first-order valence-electron chi connectivity index (χ1n) is 8.13. The van der Waals surface area contributed by atoms with Gasteiger partial charge in [-0.3, -0.25) is 5.41 Å². The molecule has 9 nitrogen and oxygen atoms in total. The third kappa shape index (κ3) is 6.37. The molecule has 0 heterocycles. The lowest BCUT2D eigenvalue weighted by atomic mass is 10.1. The maximum Gasteiger partial charge on any atom is 0.243 e. The lowest BCUT2D eigenvalue weighted by Gasteiger charge is -2.29. The summed E-state index contributed by atoms with van der Waals surface area (Å²) in [4.78, 5) is 11.5. The Morgan fingerprint density at radius 2 is 2.00 bits per heavy atom. The zero-order valence-corrected chi connectivity index (χ0v) is 15.4. The van der Waals surface area contributed by atoms with Gasteiger partial charge in [0.1, 0.15) is 6.29 Å². The Bertz CT molecular complexity index is 693. The zero-order valence-electron chi connectivity index (χ0n) is 14.6. The number of carbonyl (C=O) groups is 1. The molecule has 2 atom stereocenters. The summed E-state index contributed by atoms with van der Waals surface area (Å²) in [5, 5.41) is 28.5. The van der Waals surface area contributed by atoms with Crippen LogP contribution in [-0.4, -0.2) is 67.0 Å². The van der Waals surface area contributed by atoms with Crippen molar-refractivity contribution in [3.05, 3.63) is 29.8 Å². The van der Waals surface area contributed by atoms with Crippen LogP contribution in [0.25, 0.3) is 0 Å². The summed E-state index contributed by atoms with van der Waals surface area (Å²) in [6.45, 7) is 1.09. The molecule has 1 rings (SSSR count). The lowest BCUT2D eigenvalue weighted by Crippen LogP contribution is -2.46. The minimum atomic E-state index is -4.04. The van der Waals surface area contributed by atoms with Crippen LogP contribution < -0.4 is 11.1 Å². The van der Waals surface area contributed by atoms with Crippen molar-refractivity contribution in [1.82, 2.24) is 9.62 Å². The van der Waals surface area contributed by atoms with E-state index in [1.165, 1.54) is 12.1 Å². The highest BCUT2D eigenvalue weighted by atomic mass is 32.2. The largest absolute Gasteiger partial charge is 0.394 e. The number of nitrogens with zero attached hydrogens (tertiary/aromatic N) is 1. The number of aliphatic hydroxyl groups is 2. The van der Waals surface area contributed by atoms with E-state index in [-0.39, 0.29) is 17.3 Å². The second-order valence-electron chi connectivity index (χ2n) is 5.91. The number of nitrogens with one attached hydrogen (secondary N) is 2. The van der Waals surface area contributed by atoms with E-state index in [0.717, 1.165) is 9.87 Å². The van der Waals surface area contributed by atoms with Gasteiger partial charge >= 0.3 is 0 Å². The Morgan fingerprint density at radius 3 is 2.50 bits per heavy atom. The molecular formula is C16H26N4O5S. The fraction of sp³-hybridized carbons (Fsp3) is 0.500. The number of aliphatic hydroxyl groups excluding tert-OH is 2. The highest BCUT2D eigenvalue weighted by Crippen LogP contribution is 2.21. The summed E-state index contributed by atoms with van der Waals surface area (Å²) < 4.78 is 26.8. The van der Waals surface area contributed by atoms with Gasteiger partial charge in [0.25, 0.3) is 0 Å². The number of nitrogens with two attached hydrogens (primary N) is 1. The molecular weight excluding hydrogens is 360 g/mol. The van der Waals surface area contributed by atoms with Crippen molar-refractivity contribution >= 4 is 22.3 Å². The van der Waals surface area contributed by atoms with Gasteiger partial charge in [-0.1, -0.05) is 17.7 Å². The Morgan fingerprint density at radius 1 is 1.38 bits per heavy atom. The van der Waals surface area contributed by atoms with Crippen molar-refractivity contribution in [1.29, 1.82) is 5.41 Å². The van der Waals surface area contributed by atoms with Gasteiger partial charge in [-0.25, -0.2) is 8.42 Å². The second kappa shape index (κ2) is 10.2. The SMILES string of the molecule is Cc1ccc(S(=O)(=O)N(CC(O)CO)C(C=O)CCCNC(=N)N)cc1. The normalized spacial score (nSPS) is 14.0. The number of aryl methyl sites for hydroxylation is 1. The molecule has 146 valence electrons. The third-order valence-electron chi connectivity index (χ3n) is 3.75. The molecule has 0 aliphatic carbocycles. The fourth-order valence-electron chi connectivity index (χ4n) is 2.34. The van der Waals surface area contributed by atoms with Crippen molar-refractivity contribution < 1.29 is 23.4 Å². The van der Waals surface area contributed by atoms with E-state index in [0.29, 0.717) is 19.3 Å². The molecule has 0 fully saturated rings. The van der Waals surface area contributed by atoms with E-state index in [1.54, 1.807) is 12.1 Å². The highest BCUT2D eigenvalue weighted by Gasteiger charge is 2.32. The molecule has 1 aromatic rings. The quantitative estimate of drug-likeness (QED) is 0.144. The predicted molar refractivity (Wildman–Crippen MR) is 97.2 cm³/mol. The number of benzene rings is 1. The van der Waals surface area contributed by atoms with Gasteiger partial charge in [-0.2, -0.15) is 4.31 Å². The number of hydrogen-bond donors (Lipinski definition) is 5.